The second-order valence-corrected chi connectivity index (χ2v) is 10.8. The molecule has 1 aromatic carbocycles. The molecule has 0 radical (unpaired) electrons. The summed E-state index contributed by atoms with van der Waals surface area (Å²) in [5.41, 5.74) is 0.439. The maximum Gasteiger partial charge on any atom is 0.433 e. The van der Waals surface area contributed by atoms with E-state index in [2.05, 4.69) is 40.6 Å². The minimum absolute atomic E-state index is 0.135. The first-order chi connectivity index (χ1) is 21.6. The fraction of sp³-hybridized carbons (Fsp3) is 0.483. The Hall–Kier alpha value is -4.28. The number of carbonyl (C=O) groups excluding carboxylic acids is 2. The van der Waals surface area contributed by atoms with Crippen molar-refractivity contribution in [3.8, 4) is 11.4 Å². The number of alkyl halides is 3. The van der Waals surface area contributed by atoms with E-state index in [1.54, 1.807) is 12.1 Å². The number of likely N-dealkylation sites (N-methyl/N-ethyl adjacent to an activating group) is 1. The quantitative estimate of drug-likeness (QED) is 0.321. The molecule has 16 heteroatoms. The summed E-state index contributed by atoms with van der Waals surface area (Å²) in [6, 6.07) is 5.99. The van der Waals surface area contributed by atoms with Crippen LogP contribution in [0.15, 0.2) is 36.7 Å². The van der Waals surface area contributed by atoms with Gasteiger partial charge >= 0.3 is 6.18 Å². The highest BCUT2D eigenvalue weighted by atomic mass is 19.4. The molecule has 242 valence electrons. The maximum atomic E-state index is 13.4. The maximum absolute atomic E-state index is 13.4. The molecule has 0 unspecified atom stereocenters. The molecule has 2 amide bonds. The summed E-state index contributed by atoms with van der Waals surface area (Å²) >= 11 is 0. The monoisotopic (exact) mass is 631 g/mol. The second-order valence-electron chi connectivity index (χ2n) is 10.8. The van der Waals surface area contributed by atoms with Gasteiger partial charge in [0.15, 0.2) is 5.69 Å². The molecule has 3 aromatic rings. The summed E-state index contributed by atoms with van der Waals surface area (Å²) in [4.78, 5) is 36.1. The number of ether oxygens (including phenoxy) is 2. The van der Waals surface area contributed by atoms with Gasteiger partial charge in [-0.15, -0.1) is 5.10 Å². The molecule has 2 aromatic heterocycles. The lowest BCUT2D eigenvalue weighted by Crippen LogP contribution is -2.44. The third kappa shape index (κ3) is 8.06. The Morgan fingerprint density at radius 1 is 1.04 bits per heavy atom. The van der Waals surface area contributed by atoms with Gasteiger partial charge < -0.3 is 29.9 Å². The first-order valence-electron chi connectivity index (χ1n) is 14.6. The summed E-state index contributed by atoms with van der Waals surface area (Å²) in [6.45, 7) is 7.56. The van der Waals surface area contributed by atoms with Crippen LogP contribution in [0.3, 0.4) is 0 Å². The Morgan fingerprint density at radius 3 is 2.51 bits per heavy atom. The van der Waals surface area contributed by atoms with Gasteiger partial charge in [-0.1, -0.05) is 5.21 Å². The van der Waals surface area contributed by atoms with E-state index in [9.17, 15) is 22.8 Å². The van der Waals surface area contributed by atoms with Crippen LogP contribution >= 0.6 is 0 Å². The van der Waals surface area contributed by atoms with Gasteiger partial charge in [0, 0.05) is 58.1 Å². The van der Waals surface area contributed by atoms with Crippen LogP contribution in [0.1, 0.15) is 33.0 Å². The molecule has 0 atom stereocenters. The molecule has 0 saturated carbocycles. The molecule has 13 nitrogen and oxygen atoms in total. The normalized spacial score (nSPS) is 16.4. The lowest BCUT2D eigenvalue weighted by Gasteiger charge is -2.35. The summed E-state index contributed by atoms with van der Waals surface area (Å²) < 4.78 is 51.5. The third-order valence-corrected chi connectivity index (χ3v) is 7.72. The largest absolute Gasteiger partial charge is 0.496 e. The minimum atomic E-state index is -4.69. The fourth-order valence-corrected chi connectivity index (χ4v) is 5.12. The van der Waals surface area contributed by atoms with Gasteiger partial charge in [0.05, 0.1) is 49.1 Å². The van der Waals surface area contributed by atoms with Crippen LogP contribution in [0.4, 0.5) is 24.5 Å². The van der Waals surface area contributed by atoms with Gasteiger partial charge in [-0.3, -0.25) is 19.5 Å². The predicted molar refractivity (Wildman–Crippen MR) is 159 cm³/mol. The van der Waals surface area contributed by atoms with Crippen LogP contribution in [0.2, 0.25) is 0 Å². The van der Waals surface area contributed by atoms with Crippen molar-refractivity contribution >= 4 is 23.2 Å². The van der Waals surface area contributed by atoms with Gasteiger partial charge in [-0.25, -0.2) is 4.68 Å². The number of piperazine rings is 1. The van der Waals surface area contributed by atoms with E-state index >= 15 is 0 Å². The van der Waals surface area contributed by atoms with Gasteiger partial charge in [0.1, 0.15) is 11.4 Å². The molecule has 2 saturated heterocycles. The number of carbonyl (C=O) groups is 2. The van der Waals surface area contributed by atoms with E-state index < -0.39 is 17.8 Å². The zero-order valence-electron chi connectivity index (χ0n) is 25.1. The summed E-state index contributed by atoms with van der Waals surface area (Å²) in [7, 11) is 3.21. The van der Waals surface area contributed by atoms with Gasteiger partial charge in [0.2, 0.25) is 0 Å². The SMILES string of the molecule is COc1cc(C(F)(F)F)ncc1C(=O)Nc1cc(-n2cc(C(=O)NCCCN3CCOCC3)nn2)ccc1N1CCN(C)CC1. The second kappa shape index (κ2) is 14.2. The predicted octanol–water partition coefficient (Wildman–Crippen LogP) is 2.15. The molecule has 2 aliphatic rings. The van der Waals surface area contributed by atoms with E-state index in [1.165, 1.54) is 18.0 Å². The third-order valence-electron chi connectivity index (χ3n) is 7.72. The van der Waals surface area contributed by atoms with Crippen LogP contribution in [-0.4, -0.2) is 121 Å². The van der Waals surface area contributed by atoms with Gasteiger partial charge in [0.25, 0.3) is 11.8 Å². The van der Waals surface area contributed by atoms with E-state index in [1.807, 2.05) is 13.1 Å². The number of hydrogen-bond acceptors (Lipinski definition) is 10. The average Bonchev–Trinajstić information content (AvgIpc) is 3.54. The highest BCUT2D eigenvalue weighted by Gasteiger charge is 2.34. The highest BCUT2D eigenvalue weighted by Crippen LogP contribution is 2.33. The standard InChI is InChI=1S/C29H36F3N9O4/c1-38-8-10-40(11-9-38)24-5-4-20(16-22(24)35-27(42)21-18-34-26(29(30,31)32)17-25(21)44-2)41-19-23(36-37-41)28(43)33-6-3-7-39-12-14-45-15-13-39/h4-5,16-19H,3,6-15H2,1-2H3,(H,33,43)(H,35,42). The lowest BCUT2D eigenvalue weighted by atomic mass is 10.1. The van der Waals surface area contributed by atoms with E-state index in [-0.39, 0.29) is 22.9 Å². The highest BCUT2D eigenvalue weighted by molar-refractivity contribution is 6.07. The Morgan fingerprint density at radius 2 is 1.80 bits per heavy atom. The average molecular weight is 632 g/mol. The molecule has 5 rings (SSSR count). The molecule has 2 N–H and O–H groups in total. The molecular weight excluding hydrogens is 595 g/mol. The Bertz CT molecular complexity index is 1490. The molecule has 2 aliphatic heterocycles. The topological polar surface area (TPSA) is 130 Å². The summed E-state index contributed by atoms with van der Waals surface area (Å²) in [5, 5.41) is 13.8. The number of benzene rings is 1. The number of methoxy groups -OCH3 is 1. The van der Waals surface area contributed by atoms with Crippen molar-refractivity contribution in [3.63, 3.8) is 0 Å². The molecule has 0 spiro atoms. The van der Waals surface area contributed by atoms with E-state index in [4.69, 9.17) is 9.47 Å². The first-order valence-corrected chi connectivity index (χ1v) is 14.6. The van der Waals surface area contributed by atoms with Crippen molar-refractivity contribution in [2.45, 2.75) is 12.6 Å². The fourth-order valence-electron chi connectivity index (χ4n) is 5.12. The lowest BCUT2D eigenvalue weighted by molar-refractivity contribution is -0.141. The van der Waals surface area contributed by atoms with Crippen molar-refractivity contribution in [2.24, 2.45) is 0 Å². The zero-order chi connectivity index (χ0) is 32.0. The Labute approximate surface area is 258 Å². The Kier molecular flexibility index (Phi) is 10.1. The van der Waals surface area contributed by atoms with Crippen LogP contribution in [0, 0.1) is 0 Å². The first kappa shape index (κ1) is 32.1. The molecular formula is C29H36F3N9O4. The van der Waals surface area contributed by atoms with Crippen LogP contribution < -0.4 is 20.3 Å². The number of pyridine rings is 1. The molecule has 0 aliphatic carbocycles. The molecule has 2 fully saturated rings. The molecule has 45 heavy (non-hydrogen) atoms. The van der Waals surface area contributed by atoms with Crippen molar-refractivity contribution in [1.82, 2.24) is 35.1 Å². The number of nitrogens with zero attached hydrogens (tertiary/aromatic N) is 7. The van der Waals surface area contributed by atoms with Gasteiger partial charge in [-0.05, 0) is 38.2 Å². The van der Waals surface area contributed by atoms with Crippen LogP contribution in [0.5, 0.6) is 5.75 Å². The van der Waals surface area contributed by atoms with Crippen molar-refractivity contribution in [2.75, 3.05) is 89.9 Å². The number of hydrogen-bond donors (Lipinski definition) is 2. The number of amides is 2. The number of halogens is 3. The number of anilines is 2. The smallest absolute Gasteiger partial charge is 0.433 e. The minimum Gasteiger partial charge on any atom is -0.496 e. The van der Waals surface area contributed by atoms with Crippen molar-refractivity contribution < 1.29 is 32.2 Å². The van der Waals surface area contributed by atoms with Crippen molar-refractivity contribution in [1.29, 1.82) is 0 Å². The number of nitrogens with one attached hydrogen (secondary N) is 2. The van der Waals surface area contributed by atoms with Crippen LogP contribution in [0.25, 0.3) is 5.69 Å². The van der Waals surface area contributed by atoms with Crippen LogP contribution in [-0.2, 0) is 10.9 Å². The van der Waals surface area contributed by atoms with E-state index in [0.717, 1.165) is 64.2 Å². The number of morpholine rings is 1. The summed E-state index contributed by atoms with van der Waals surface area (Å²) in [5.74, 6) is -1.31. The zero-order valence-corrected chi connectivity index (χ0v) is 25.1. The van der Waals surface area contributed by atoms with Crippen molar-refractivity contribution in [3.05, 3.63) is 53.6 Å². The van der Waals surface area contributed by atoms with E-state index in [0.29, 0.717) is 37.1 Å². The Balaban J connectivity index is 1.33. The van der Waals surface area contributed by atoms with Gasteiger partial charge in [-0.2, -0.15) is 13.2 Å². The number of aromatic nitrogens is 4. The summed E-state index contributed by atoms with van der Waals surface area (Å²) in [6.07, 6.45) is -1.56. The molecule has 4 heterocycles. The molecule has 0 bridgehead atoms. The number of rotatable bonds is 10.